The summed E-state index contributed by atoms with van der Waals surface area (Å²) in [6.07, 6.45) is 16.2. The molecule has 1 aliphatic rings. The highest BCUT2D eigenvalue weighted by Gasteiger charge is 2.32. The van der Waals surface area contributed by atoms with Gasteiger partial charge in [-0.1, -0.05) is 38.0 Å². The topological polar surface area (TPSA) is 69.7 Å². The molecule has 3 unspecified atom stereocenters. The first-order valence-electron chi connectivity index (χ1n) is 10.6. The van der Waals surface area contributed by atoms with E-state index in [1.54, 1.807) is 0 Å². The molecule has 1 fully saturated rings. The molecule has 0 spiro atoms. The number of rotatable bonds is 13. The van der Waals surface area contributed by atoms with E-state index in [-0.39, 0.29) is 29.9 Å². The summed E-state index contributed by atoms with van der Waals surface area (Å²) in [4.78, 5) is 34.7. The highest BCUT2D eigenvalue weighted by Crippen LogP contribution is 2.33. The predicted octanol–water partition coefficient (Wildman–Crippen LogP) is 4.94. The van der Waals surface area contributed by atoms with Crippen LogP contribution in [0.15, 0.2) is 24.3 Å². The van der Waals surface area contributed by atoms with Crippen molar-refractivity contribution in [2.45, 2.75) is 84.2 Å². The van der Waals surface area contributed by atoms with Crippen LogP contribution in [-0.4, -0.2) is 30.9 Å². The number of hydrogen-bond donors (Lipinski definition) is 0. The van der Waals surface area contributed by atoms with Gasteiger partial charge in [-0.15, -0.1) is 0 Å². The molecule has 1 saturated carbocycles. The second kappa shape index (κ2) is 14.1. The minimum absolute atomic E-state index is 0.00160. The van der Waals surface area contributed by atoms with E-state index in [1.165, 1.54) is 14.0 Å². The Hall–Kier alpha value is -1.91. The molecule has 28 heavy (non-hydrogen) atoms. The molecule has 158 valence electrons. The Morgan fingerprint density at radius 2 is 2.00 bits per heavy atom. The zero-order valence-electron chi connectivity index (χ0n) is 17.7. The van der Waals surface area contributed by atoms with Gasteiger partial charge in [-0.25, -0.2) is 0 Å². The van der Waals surface area contributed by atoms with Crippen molar-refractivity contribution in [2.24, 2.45) is 11.8 Å². The first kappa shape index (κ1) is 24.1. The molecule has 1 rings (SSSR count). The van der Waals surface area contributed by atoms with Gasteiger partial charge in [0.05, 0.1) is 7.11 Å². The quantitative estimate of drug-likeness (QED) is 0.252. The van der Waals surface area contributed by atoms with Gasteiger partial charge in [-0.3, -0.25) is 14.4 Å². The number of ether oxygens (including phenoxy) is 2. The average molecular weight is 393 g/mol. The molecule has 3 atom stereocenters. The lowest BCUT2D eigenvalue weighted by Gasteiger charge is -2.16. The number of methoxy groups -OCH3 is 1. The van der Waals surface area contributed by atoms with Crippen molar-refractivity contribution in [3.63, 3.8) is 0 Å². The van der Waals surface area contributed by atoms with Gasteiger partial charge in [0.15, 0.2) is 0 Å². The van der Waals surface area contributed by atoms with Crippen molar-refractivity contribution in [1.82, 2.24) is 0 Å². The van der Waals surface area contributed by atoms with Gasteiger partial charge in [0.2, 0.25) is 0 Å². The number of allylic oxidation sites excluding steroid dienone is 3. The monoisotopic (exact) mass is 392 g/mol. The minimum atomic E-state index is -0.264. The number of unbranched alkanes of at least 4 members (excludes halogenated alkanes) is 3. The maximum absolute atomic E-state index is 12.3. The Morgan fingerprint density at radius 1 is 1.21 bits per heavy atom. The Labute approximate surface area is 169 Å². The predicted molar refractivity (Wildman–Crippen MR) is 110 cm³/mol. The SMILES string of the molecule is CCCCCC(/C=C/C1CCC(=O)C1C/C=C/CCCC(=O)OC)OC(C)=O. The lowest BCUT2D eigenvalue weighted by atomic mass is 9.91. The molecule has 0 aromatic heterocycles. The van der Waals surface area contributed by atoms with E-state index in [0.29, 0.717) is 18.6 Å². The van der Waals surface area contributed by atoms with E-state index in [9.17, 15) is 14.4 Å². The Kier molecular flexibility index (Phi) is 12.2. The summed E-state index contributed by atoms with van der Waals surface area (Å²) >= 11 is 0. The van der Waals surface area contributed by atoms with Crippen LogP contribution in [0.3, 0.4) is 0 Å². The van der Waals surface area contributed by atoms with Gasteiger partial charge in [-0.2, -0.15) is 0 Å². The molecular formula is C23H36O5. The number of esters is 2. The number of carbonyl (C=O) groups is 3. The van der Waals surface area contributed by atoms with E-state index in [0.717, 1.165) is 51.4 Å². The van der Waals surface area contributed by atoms with Crippen LogP contribution < -0.4 is 0 Å². The largest absolute Gasteiger partial charge is 0.469 e. The van der Waals surface area contributed by atoms with Crippen LogP contribution in [-0.2, 0) is 23.9 Å². The third-order valence-electron chi connectivity index (χ3n) is 5.17. The zero-order chi connectivity index (χ0) is 20.8. The van der Waals surface area contributed by atoms with E-state index in [4.69, 9.17) is 4.74 Å². The lowest BCUT2D eigenvalue weighted by molar-refractivity contribution is -0.144. The van der Waals surface area contributed by atoms with Crippen LogP contribution in [0.4, 0.5) is 0 Å². The third kappa shape index (κ3) is 9.86. The number of ketones is 1. The van der Waals surface area contributed by atoms with Gasteiger partial charge in [0.25, 0.3) is 0 Å². The summed E-state index contributed by atoms with van der Waals surface area (Å²) in [7, 11) is 1.40. The molecule has 0 aliphatic heterocycles. The normalized spacial score (nSPS) is 20.8. The van der Waals surface area contributed by atoms with Gasteiger partial charge < -0.3 is 9.47 Å². The van der Waals surface area contributed by atoms with Crippen molar-refractivity contribution in [3.05, 3.63) is 24.3 Å². The van der Waals surface area contributed by atoms with Crippen LogP contribution in [0.5, 0.6) is 0 Å². The molecule has 1 aliphatic carbocycles. The fraction of sp³-hybridized carbons (Fsp3) is 0.696. The highest BCUT2D eigenvalue weighted by molar-refractivity contribution is 5.83. The molecule has 5 nitrogen and oxygen atoms in total. The molecule has 0 bridgehead atoms. The first-order chi connectivity index (χ1) is 13.5. The lowest BCUT2D eigenvalue weighted by Crippen LogP contribution is -2.16. The molecule has 0 aromatic carbocycles. The molecule has 0 radical (unpaired) electrons. The van der Waals surface area contributed by atoms with Crippen LogP contribution in [0.2, 0.25) is 0 Å². The second-order valence-corrected chi connectivity index (χ2v) is 7.48. The summed E-state index contributed by atoms with van der Waals surface area (Å²) in [5.41, 5.74) is 0. The average Bonchev–Trinajstić information content (AvgIpc) is 3.01. The van der Waals surface area contributed by atoms with Crippen molar-refractivity contribution >= 4 is 17.7 Å². The fourth-order valence-electron chi connectivity index (χ4n) is 3.57. The Balaban J connectivity index is 2.52. The van der Waals surface area contributed by atoms with Gasteiger partial charge >= 0.3 is 11.9 Å². The van der Waals surface area contributed by atoms with E-state index >= 15 is 0 Å². The summed E-state index contributed by atoms with van der Waals surface area (Å²) in [6.45, 7) is 3.59. The van der Waals surface area contributed by atoms with Crippen molar-refractivity contribution < 1.29 is 23.9 Å². The molecule has 5 heteroatoms. The minimum Gasteiger partial charge on any atom is -0.469 e. The van der Waals surface area contributed by atoms with E-state index in [2.05, 4.69) is 23.8 Å². The standard InChI is InChI=1S/C23H36O5/c1-4-5-8-11-20(28-18(2)24)16-14-19-15-17-22(25)21(19)12-9-6-7-10-13-23(26)27-3/h6,9,14,16,19-21H,4-5,7-8,10-13,15,17H2,1-3H3/b9-6+,16-14+. The molecule has 0 saturated heterocycles. The summed E-state index contributed by atoms with van der Waals surface area (Å²) < 4.78 is 10.0. The maximum Gasteiger partial charge on any atom is 0.305 e. The van der Waals surface area contributed by atoms with E-state index < -0.39 is 0 Å². The van der Waals surface area contributed by atoms with Crippen molar-refractivity contribution in [1.29, 1.82) is 0 Å². The van der Waals surface area contributed by atoms with Gasteiger partial charge in [0.1, 0.15) is 11.9 Å². The Bertz CT molecular complexity index is 549. The second-order valence-electron chi connectivity index (χ2n) is 7.48. The molecule has 0 aromatic rings. The molecule has 0 heterocycles. The summed E-state index contributed by atoms with van der Waals surface area (Å²) in [5.74, 6) is 0.0630. The third-order valence-corrected chi connectivity index (χ3v) is 5.17. The van der Waals surface area contributed by atoms with Crippen molar-refractivity contribution in [2.75, 3.05) is 7.11 Å². The fourth-order valence-corrected chi connectivity index (χ4v) is 3.57. The van der Waals surface area contributed by atoms with Crippen LogP contribution in [0.25, 0.3) is 0 Å². The van der Waals surface area contributed by atoms with Crippen LogP contribution >= 0.6 is 0 Å². The van der Waals surface area contributed by atoms with Gasteiger partial charge in [-0.05, 0) is 50.5 Å². The van der Waals surface area contributed by atoms with Crippen molar-refractivity contribution in [3.8, 4) is 0 Å². The highest BCUT2D eigenvalue weighted by atomic mass is 16.5. The number of hydrogen-bond acceptors (Lipinski definition) is 5. The zero-order valence-corrected chi connectivity index (χ0v) is 17.7. The molecule has 0 amide bonds. The smallest absolute Gasteiger partial charge is 0.305 e. The van der Waals surface area contributed by atoms with E-state index in [1.807, 2.05) is 12.2 Å². The summed E-state index contributed by atoms with van der Waals surface area (Å²) in [6, 6.07) is 0. The van der Waals surface area contributed by atoms with Crippen LogP contribution in [0.1, 0.15) is 78.1 Å². The summed E-state index contributed by atoms with van der Waals surface area (Å²) in [5, 5.41) is 0. The maximum atomic E-state index is 12.3. The Morgan fingerprint density at radius 3 is 2.68 bits per heavy atom. The van der Waals surface area contributed by atoms with Crippen LogP contribution in [0, 0.1) is 11.8 Å². The number of carbonyl (C=O) groups excluding carboxylic acids is 3. The molecule has 0 N–H and O–H groups in total. The first-order valence-corrected chi connectivity index (χ1v) is 10.6. The number of Topliss-reactive ketones (excluding diaryl/α,β-unsaturated/α-hetero) is 1. The molecular weight excluding hydrogens is 356 g/mol. The van der Waals surface area contributed by atoms with Gasteiger partial charge in [0, 0.05) is 25.7 Å².